The number of amides is 1. The monoisotopic (exact) mass is 358 g/mol. The van der Waals surface area contributed by atoms with E-state index in [0.29, 0.717) is 22.6 Å². The quantitative estimate of drug-likeness (QED) is 0.597. The van der Waals surface area contributed by atoms with Crippen LogP contribution in [-0.4, -0.2) is 24.3 Å². The van der Waals surface area contributed by atoms with Gasteiger partial charge in [0, 0.05) is 17.2 Å². The third-order valence-corrected chi connectivity index (χ3v) is 3.20. The van der Waals surface area contributed by atoms with Crippen molar-refractivity contribution in [1.82, 2.24) is 5.43 Å². The summed E-state index contributed by atoms with van der Waals surface area (Å²) in [6.45, 7) is 7.74. The zero-order valence-corrected chi connectivity index (χ0v) is 15.3. The lowest BCUT2D eigenvalue weighted by atomic mass is 10.2. The number of hydrogen-bond donors (Lipinski definition) is 1. The molecule has 0 spiro atoms. The van der Waals surface area contributed by atoms with Gasteiger partial charge in [-0.2, -0.15) is 5.10 Å². The van der Waals surface area contributed by atoms with E-state index in [1.54, 1.807) is 6.07 Å². The largest absolute Gasteiger partial charge is 0.491 e. The van der Waals surface area contributed by atoms with E-state index < -0.39 is 11.7 Å². The van der Waals surface area contributed by atoms with E-state index in [2.05, 4.69) is 10.5 Å². The highest BCUT2D eigenvalue weighted by molar-refractivity contribution is 5.95. The summed E-state index contributed by atoms with van der Waals surface area (Å²) in [4.78, 5) is 12.0. The van der Waals surface area contributed by atoms with Crippen LogP contribution in [0.1, 0.15) is 43.6 Å². The van der Waals surface area contributed by atoms with Gasteiger partial charge in [0.15, 0.2) is 0 Å². The molecule has 26 heavy (non-hydrogen) atoms. The van der Waals surface area contributed by atoms with Gasteiger partial charge in [0.05, 0.1) is 18.4 Å². The van der Waals surface area contributed by atoms with Crippen LogP contribution in [0.3, 0.4) is 0 Å². The summed E-state index contributed by atoms with van der Waals surface area (Å²) in [7, 11) is 0. The molecule has 6 heteroatoms. The molecular formula is C20H23FN2O3. The zero-order valence-electron chi connectivity index (χ0n) is 15.3. The standard InChI is InChI=1S/C20H23FN2O3/c1-13(2)25-18-10-7-16(19(11-18)26-14(3)4)12-22-23-20(24)15-5-8-17(21)9-6-15/h5-14H,1-4H3,(H,23,24)/b22-12-. The Kier molecular flexibility index (Phi) is 6.72. The summed E-state index contributed by atoms with van der Waals surface area (Å²) < 4.78 is 24.4. The van der Waals surface area contributed by atoms with E-state index in [4.69, 9.17) is 9.47 Å². The van der Waals surface area contributed by atoms with Gasteiger partial charge in [0.2, 0.25) is 0 Å². The molecule has 0 saturated heterocycles. The van der Waals surface area contributed by atoms with Gasteiger partial charge in [0.25, 0.3) is 5.91 Å². The van der Waals surface area contributed by atoms with Crippen LogP contribution in [0.2, 0.25) is 0 Å². The summed E-state index contributed by atoms with van der Waals surface area (Å²) in [5, 5.41) is 3.96. The predicted molar refractivity (Wildman–Crippen MR) is 99.4 cm³/mol. The van der Waals surface area contributed by atoms with E-state index in [1.165, 1.54) is 30.5 Å². The number of ether oxygens (including phenoxy) is 2. The van der Waals surface area contributed by atoms with E-state index in [1.807, 2.05) is 39.8 Å². The number of carbonyl (C=O) groups is 1. The van der Waals surface area contributed by atoms with Crippen LogP contribution in [0, 0.1) is 5.82 Å². The van der Waals surface area contributed by atoms with E-state index in [9.17, 15) is 9.18 Å². The first-order valence-corrected chi connectivity index (χ1v) is 8.41. The molecular weight excluding hydrogens is 335 g/mol. The van der Waals surface area contributed by atoms with Crippen molar-refractivity contribution in [1.29, 1.82) is 0 Å². The summed E-state index contributed by atoms with van der Waals surface area (Å²) in [6, 6.07) is 10.7. The number of nitrogens with one attached hydrogen (secondary N) is 1. The molecule has 2 rings (SSSR count). The molecule has 0 aliphatic heterocycles. The highest BCUT2D eigenvalue weighted by atomic mass is 19.1. The van der Waals surface area contributed by atoms with Crippen molar-refractivity contribution in [3.8, 4) is 11.5 Å². The maximum atomic E-state index is 12.9. The van der Waals surface area contributed by atoms with Crippen molar-refractivity contribution in [3.63, 3.8) is 0 Å². The van der Waals surface area contributed by atoms with E-state index >= 15 is 0 Å². The topological polar surface area (TPSA) is 59.9 Å². The predicted octanol–water partition coefficient (Wildman–Crippen LogP) is 4.16. The van der Waals surface area contributed by atoms with Gasteiger partial charge in [-0.15, -0.1) is 0 Å². The highest BCUT2D eigenvalue weighted by Crippen LogP contribution is 2.25. The Morgan fingerprint density at radius 3 is 2.31 bits per heavy atom. The first-order valence-electron chi connectivity index (χ1n) is 8.41. The summed E-state index contributed by atoms with van der Waals surface area (Å²) in [6.07, 6.45) is 1.53. The van der Waals surface area contributed by atoms with Gasteiger partial charge in [-0.05, 0) is 64.1 Å². The smallest absolute Gasteiger partial charge is 0.271 e. The van der Waals surface area contributed by atoms with Crippen LogP contribution in [0.25, 0.3) is 0 Å². The van der Waals surface area contributed by atoms with Crippen LogP contribution in [0.5, 0.6) is 11.5 Å². The fourth-order valence-electron chi connectivity index (χ4n) is 2.15. The summed E-state index contributed by atoms with van der Waals surface area (Å²) in [5.41, 5.74) is 3.44. The second-order valence-electron chi connectivity index (χ2n) is 6.24. The van der Waals surface area contributed by atoms with Gasteiger partial charge in [0.1, 0.15) is 17.3 Å². The minimum absolute atomic E-state index is 0.0229. The fraction of sp³-hybridized carbons (Fsp3) is 0.300. The zero-order chi connectivity index (χ0) is 19.1. The fourth-order valence-corrected chi connectivity index (χ4v) is 2.15. The van der Waals surface area contributed by atoms with Gasteiger partial charge >= 0.3 is 0 Å². The molecule has 2 aromatic carbocycles. The summed E-state index contributed by atoms with van der Waals surface area (Å²) in [5.74, 6) is 0.484. The molecule has 0 heterocycles. The Morgan fingerprint density at radius 1 is 1.04 bits per heavy atom. The Balaban J connectivity index is 2.12. The van der Waals surface area contributed by atoms with Crippen LogP contribution in [0.15, 0.2) is 47.6 Å². The molecule has 0 aliphatic rings. The number of nitrogens with zero attached hydrogens (tertiary/aromatic N) is 1. The molecule has 2 aromatic rings. The average Bonchev–Trinajstić information content (AvgIpc) is 2.56. The maximum Gasteiger partial charge on any atom is 0.271 e. The number of carbonyl (C=O) groups excluding carboxylic acids is 1. The van der Waals surface area contributed by atoms with E-state index in [-0.39, 0.29) is 12.2 Å². The second-order valence-corrected chi connectivity index (χ2v) is 6.24. The lowest BCUT2D eigenvalue weighted by Crippen LogP contribution is -2.17. The van der Waals surface area contributed by atoms with Crippen molar-refractivity contribution >= 4 is 12.1 Å². The Morgan fingerprint density at radius 2 is 1.69 bits per heavy atom. The second kappa shape index (κ2) is 8.99. The molecule has 0 bridgehead atoms. The number of hydrogen-bond acceptors (Lipinski definition) is 4. The first-order chi connectivity index (χ1) is 12.3. The van der Waals surface area contributed by atoms with Crippen molar-refractivity contribution in [2.75, 3.05) is 0 Å². The maximum absolute atomic E-state index is 12.9. The SMILES string of the molecule is CC(C)Oc1ccc(/C=N\NC(=O)c2ccc(F)cc2)c(OC(C)C)c1. The Hall–Kier alpha value is -2.89. The molecule has 0 aromatic heterocycles. The number of benzene rings is 2. The first kappa shape index (κ1) is 19.4. The molecule has 0 fully saturated rings. The van der Waals surface area contributed by atoms with E-state index in [0.717, 1.165) is 0 Å². The highest BCUT2D eigenvalue weighted by Gasteiger charge is 2.09. The molecule has 0 atom stereocenters. The van der Waals surface area contributed by atoms with Crippen LogP contribution in [0.4, 0.5) is 4.39 Å². The van der Waals surface area contributed by atoms with Crippen molar-refractivity contribution < 1.29 is 18.7 Å². The Labute approximate surface area is 152 Å². The van der Waals surface area contributed by atoms with Crippen LogP contribution >= 0.6 is 0 Å². The molecule has 1 amide bonds. The van der Waals surface area contributed by atoms with Crippen LogP contribution < -0.4 is 14.9 Å². The number of hydrazone groups is 1. The molecule has 0 saturated carbocycles. The van der Waals surface area contributed by atoms with Gasteiger partial charge < -0.3 is 9.47 Å². The molecule has 0 aliphatic carbocycles. The Bertz CT molecular complexity index is 771. The lowest BCUT2D eigenvalue weighted by molar-refractivity contribution is 0.0955. The van der Waals surface area contributed by atoms with Crippen LogP contribution in [-0.2, 0) is 0 Å². The average molecular weight is 358 g/mol. The minimum atomic E-state index is -0.424. The van der Waals surface area contributed by atoms with Crippen molar-refractivity contribution in [2.45, 2.75) is 39.9 Å². The number of halogens is 1. The van der Waals surface area contributed by atoms with Crippen molar-refractivity contribution in [3.05, 3.63) is 59.4 Å². The summed E-state index contributed by atoms with van der Waals surface area (Å²) >= 11 is 0. The van der Waals surface area contributed by atoms with Gasteiger partial charge in [-0.1, -0.05) is 0 Å². The lowest BCUT2D eigenvalue weighted by Gasteiger charge is -2.15. The number of rotatable bonds is 7. The normalized spacial score (nSPS) is 11.2. The minimum Gasteiger partial charge on any atom is -0.491 e. The molecule has 0 radical (unpaired) electrons. The third-order valence-electron chi connectivity index (χ3n) is 3.20. The molecule has 1 N–H and O–H groups in total. The molecule has 138 valence electrons. The third kappa shape index (κ3) is 5.88. The van der Waals surface area contributed by atoms with Gasteiger partial charge in [-0.25, -0.2) is 9.82 Å². The molecule has 0 unspecified atom stereocenters. The van der Waals surface area contributed by atoms with Gasteiger partial charge in [-0.3, -0.25) is 4.79 Å². The molecule has 5 nitrogen and oxygen atoms in total. The van der Waals surface area contributed by atoms with Crippen molar-refractivity contribution in [2.24, 2.45) is 5.10 Å².